The second-order valence-electron chi connectivity index (χ2n) is 6.14. The Morgan fingerprint density at radius 3 is 2.55 bits per heavy atom. The van der Waals surface area contributed by atoms with E-state index in [0.29, 0.717) is 39.8 Å². The van der Waals surface area contributed by atoms with E-state index in [1.807, 2.05) is 32.9 Å². The van der Waals surface area contributed by atoms with Gasteiger partial charge in [-0.2, -0.15) is 0 Å². The largest absolute Gasteiger partial charge is 0.420 e. The van der Waals surface area contributed by atoms with Gasteiger partial charge in [0.25, 0.3) is 5.89 Å². The van der Waals surface area contributed by atoms with Crippen molar-refractivity contribution in [1.82, 2.24) is 20.2 Å². The first-order chi connectivity index (χ1) is 10.3. The molecular formula is C15H16BN5O. The van der Waals surface area contributed by atoms with Crippen molar-refractivity contribution in [2.45, 2.75) is 33.2 Å². The van der Waals surface area contributed by atoms with Gasteiger partial charge in [0.15, 0.2) is 11.5 Å². The summed E-state index contributed by atoms with van der Waals surface area (Å²) in [5, 5.41) is 11.2. The third kappa shape index (κ3) is 2.79. The molecule has 0 atom stereocenters. The van der Waals surface area contributed by atoms with E-state index in [-0.39, 0.29) is 5.54 Å². The average molecular weight is 293 g/mol. The van der Waals surface area contributed by atoms with E-state index in [1.165, 1.54) is 0 Å². The maximum absolute atomic E-state index is 6.00. The zero-order chi connectivity index (χ0) is 15.9. The highest BCUT2D eigenvalue weighted by Crippen LogP contribution is 2.27. The van der Waals surface area contributed by atoms with Gasteiger partial charge in [-0.25, -0.2) is 9.97 Å². The van der Waals surface area contributed by atoms with Crippen LogP contribution in [0.1, 0.15) is 26.7 Å². The number of fused-ring (bicyclic) bond motifs is 1. The van der Waals surface area contributed by atoms with Gasteiger partial charge >= 0.3 is 0 Å². The number of para-hydroxylation sites is 1. The summed E-state index contributed by atoms with van der Waals surface area (Å²) in [5.74, 6) is 1.38. The molecule has 110 valence electrons. The summed E-state index contributed by atoms with van der Waals surface area (Å²) >= 11 is 0. The topological polar surface area (TPSA) is 76.7 Å². The van der Waals surface area contributed by atoms with Crippen molar-refractivity contribution in [1.29, 1.82) is 0 Å². The van der Waals surface area contributed by atoms with Crippen molar-refractivity contribution in [3.63, 3.8) is 0 Å². The molecule has 0 saturated carbocycles. The lowest BCUT2D eigenvalue weighted by Crippen LogP contribution is -2.27. The summed E-state index contributed by atoms with van der Waals surface area (Å²) < 4.78 is 5.51. The highest BCUT2D eigenvalue weighted by Gasteiger charge is 2.20. The van der Waals surface area contributed by atoms with E-state index in [1.54, 1.807) is 13.0 Å². The van der Waals surface area contributed by atoms with Gasteiger partial charge in [0.05, 0.1) is 11.0 Å². The summed E-state index contributed by atoms with van der Waals surface area (Å²) in [7, 11) is 6.00. The van der Waals surface area contributed by atoms with Gasteiger partial charge in [-0.15, -0.1) is 10.2 Å². The highest BCUT2D eigenvalue weighted by atomic mass is 16.4. The van der Waals surface area contributed by atoms with Gasteiger partial charge < -0.3 is 9.73 Å². The fourth-order valence-electron chi connectivity index (χ4n) is 2.08. The minimum atomic E-state index is -0.199. The predicted molar refractivity (Wildman–Crippen MR) is 86.3 cm³/mol. The van der Waals surface area contributed by atoms with Crippen LogP contribution < -0.4 is 10.8 Å². The Morgan fingerprint density at radius 1 is 1.14 bits per heavy atom. The Hall–Kier alpha value is -2.44. The van der Waals surface area contributed by atoms with Crippen LogP contribution in [0.15, 0.2) is 22.6 Å². The Kier molecular flexibility index (Phi) is 3.35. The second kappa shape index (κ2) is 5.08. The lowest BCUT2D eigenvalue weighted by molar-refractivity contribution is 0.530. The number of aryl methyl sites for hydroxylation is 1. The molecule has 2 radical (unpaired) electrons. The monoisotopic (exact) mass is 293 g/mol. The summed E-state index contributed by atoms with van der Waals surface area (Å²) in [6.07, 6.45) is 0. The van der Waals surface area contributed by atoms with Gasteiger partial charge in [-0.05, 0) is 26.8 Å². The molecule has 0 saturated heterocycles. The van der Waals surface area contributed by atoms with Crippen molar-refractivity contribution in [2.24, 2.45) is 0 Å². The molecule has 0 bridgehead atoms. The van der Waals surface area contributed by atoms with E-state index >= 15 is 0 Å². The highest BCUT2D eigenvalue weighted by molar-refractivity contribution is 6.38. The Bertz CT molecular complexity index is 838. The minimum Gasteiger partial charge on any atom is -0.420 e. The molecule has 2 heterocycles. The standard InChI is InChI=1S/C15H16BN5O/c1-8-20-21-14(22-8)12-13(19-15(2,3)4)18-11-9(16)6-5-7-10(11)17-12/h5-7H,1-4H3,(H,18,19). The van der Waals surface area contributed by atoms with Crippen LogP contribution in [-0.4, -0.2) is 33.6 Å². The van der Waals surface area contributed by atoms with E-state index in [2.05, 4.69) is 25.5 Å². The van der Waals surface area contributed by atoms with Gasteiger partial charge in [0, 0.05) is 12.5 Å². The fraction of sp³-hybridized carbons (Fsp3) is 0.333. The molecule has 0 amide bonds. The lowest BCUT2D eigenvalue weighted by atomic mass is 9.94. The van der Waals surface area contributed by atoms with Crippen LogP contribution >= 0.6 is 0 Å². The normalized spacial score (nSPS) is 11.8. The number of aromatic nitrogens is 4. The summed E-state index contributed by atoms with van der Waals surface area (Å²) in [5.41, 5.74) is 2.24. The predicted octanol–water partition coefficient (Wildman–Crippen LogP) is 1.99. The quantitative estimate of drug-likeness (QED) is 0.728. The van der Waals surface area contributed by atoms with Crippen molar-refractivity contribution >= 4 is 30.2 Å². The first kappa shape index (κ1) is 14.5. The van der Waals surface area contributed by atoms with Crippen molar-refractivity contribution in [2.75, 3.05) is 5.32 Å². The van der Waals surface area contributed by atoms with Gasteiger partial charge in [-0.3, -0.25) is 0 Å². The Balaban J connectivity index is 2.25. The van der Waals surface area contributed by atoms with Crippen molar-refractivity contribution in [3.8, 4) is 11.6 Å². The summed E-state index contributed by atoms with van der Waals surface area (Å²) in [6, 6.07) is 5.49. The lowest BCUT2D eigenvalue weighted by Gasteiger charge is -2.22. The number of nitrogens with zero attached hydrogens (tertiary/aromatic N) is 4. The van der Waals surface area contributed by atoms with E-state index in [9.17, 15) is 0 Å². The number of nitrogens with one attached hydrogen (secondary N) is 1. The summed E-state index contributed by atoms with van der Waals surface area (Å²) in [6.45, 7) is 7.85. The molecule has 7 heteroatoms. The average Bonchev–Trinajstić information content (AvgIpc) is 2.84. The number of hydrogen-bond acceptors (Lipinski definition) is 6. The van der Waals surface area contributed by atoms with E-state index in [0.717, 1.165) is 0 Å². The molecule has 22 heavy (non-hydrogen) atoms. The third-order valence-electron chi connectivity index (χ3n) is 2.95. The van der Waals surface area contributed by atoms with Crippen molar-refractivity contribution < 1.29 is 4.42 Å². The molecule has 1 aromatic carbocycles. The first-order valence-corrected chi connectivity index (χ1v) is 6.98. The van der Waals surface area contributed by atoms with E-state index < -0.39 is 0 Å². The molecule has 0 aliphatic heterocycles. The zero-order valence-electron chi connectivity index (χ0n) is 13.0. The van der Waals surface area contributed by atoms with Crippen LogP contribution in [0, 0.1) is 6.92 Å². The van der Waals surface area contributed by atoms with Crippen LogP contribution in [0.4, 0.5) is 5.82 Å². The molecule has 0 fully saturated rings. The van der Waals surface area contributed by atoms with Crippen LogP contribution in [0.25, 0.3) is 22.6 Å². The van der Waals surface area contributed by atoms with Crippen molar-refractivity contribution in [3.05, 3.63) is 24.1 Å². The molecule has 0 aliphatic rings. The molecule has 0 unspecified atom stereocenters. The van der Waals surface area contributed by atoms with Crippen LogP contribution in [0.5, 0.6) is 0 Å². The maximum Gasteiger partial charge on any atom is 0.270 e. The number of hydrogen-bond donors (Lipinski definition) is 1. The third-order valence-corrected chi connectivity index (χ3v) is 2.95. The molecular weight excluding hydrogens is 277 g/mol. The number of anilines is 1. The number of benzene rings is 1. The summed E-state index contributed by atoms with van der Waals surface area (Å²) in [4.78, 5) is 9.22. The Morgan fingerprint density at radius 2 is 1.91 bits per heavy atom. The van der Waals surface area contributed by atoms with Crippen LogP contribution in [0.2, 0.25) is 0 Å². The second-order valence-corrected chi connectivity index (χ2v) is 6.14. The SMILES string of the molecule is [B]c1cccc2nc(-c3nnc(C)o3)c(NC(C)(C)C)nc12. The molecule has 3 rings (SSSR count). The minimum absolute atomic E-state index is 0.199. The van der Waals surface area contributed by atoms with Crippen LogP contribution in [0.3, 0.4) is 0 Å². The van der Waals surface area contributed by atoms with Gasteiger partial charge in [0.2, 0.25) is 5.89 Å². The molecule has 0 aliphatic carbocycles. The smallest absolute Gasteiger partial charge is 0.270 e. The Labute approximate surface area is 129 Å². The molecule has 6 nitrogen and oxygen atoms in total. The van der Waals surface area contributed by atoms with Gasteiger partial charge in [-0.1, -0.05) is 17.6 Å². The maximum atomic E-state index is 6.00. The first-order valence-electron chi connectivity index (χ1n) is 6.98. The fourth-order valence-corrected chi connectivity index (χ4v) is 2.08. The zero-order valence-corrected chi connectivity index (χ0v) is 13.0. The molecule has 0 spiro atoms. The van der Waals surface area contributed by atoms with E-state index in [4.69, 9.17) is 12.3 Å². The van der Waals surface area contributed by atoms with Gasteiger partial charge in [0.1, 0.15) is 7.85 Å². The molecule has 3 aromatic rings. The molecule has 1 N–H and O–H groups in total. The van der Waals surface area contributed by atoms with Crippen LogP contribution in [-0.2, 0) is 0 Å². The number of rotatable bonds is 2. The molecule has 2 aromatic heterocycles.